The van der Waals surface area contributed by atoms with E-state index >= 15 is 0 Å². The second kappa shape index (κ2) is 30.3. The predicted octanol–water partition coefficient (Wildman–Crippen LogP) is 6.73. The van der Waals surface area contributed by atoms with Crippen LogP contribution in [0.4, 0.5) is 0 Å². The van der Waals surface area contributed by atoms with Gasteiger partial charge < -0.3 is 34.9 Å². The number of amides is 1. The van der Waals surface area contributed by atoms with Crippen LogP contribution in [-0.4, -0.2) is 112 Å². The third-order valence-corrected chi connectivity index (χ3v) is 9.69. The smallest absolute Gasteiger partial charge is 0.254 e. The van der Waals surface area contributed by atoms with Crippen molar-refractivity contribution in [2.45, 2.75) is 192 Å². The highest BCUT2D eigenvalue weighted by molar-refractivity contribution is 5.81. The fourth-order valence-electron chi connectivity index (χ4n) is 6.22. The van der Waals surface area contributed by atoms with Gasteiger partial charge in [-0.25, -0.2) is 0 Å². The molecule has 1 amide bonds. The molecule has 0 aromatic rings. The van der Waals surface area contributed by atoms with Gasteiger partial charge in [0.1, 0.15) is 18.3 Å². The summed E-state index contributed by atoms with van der Waals surface area (Å²) in [5.74, 6) is -0.634. The number of hydrogen-bond donors (Lipinski definition) is 5. The molecule has 8 heteroatoms. The van der Waals surface area contributed by atoms with Crippen molar-refractivity contribution in [3.63, 3.8) is 0 Å². The quantitative estimate of drug-likeness (QED) is 0.0386. The molecule has 5 N–H and O–H groups in total. The Morgan fingerprint density at radius 1 is 0.522 bits per heavy atom. The third kappa shape index (κ3) is 24.4. The van der Waals surface area contributed by atoms with Crippen LogP contribution in [0.2, 0.25) is 0 Å². The van der Waals surface area contributed by atoms with Gasteiger partial charge in [-0.3, -0.25) is 4.79 Å². The van der Waals surface area contributed by atoms with Gasteiger partial charge in [0.25, 0.3) is 5.91 Å². The minimum atomic E-state index is -1.87. The van der Waals surface area contributed by atoms with Crippen molar-refractivity contribution in [2.75, 3.05) is 46.9 Å². The highest BCUT2D eigenvalue weighted by atomic mass is 16.4. The van der Waals surface area contributed by atoms with Gasteiger partial charge in [-0.15, -0.1) is 0 Å². The molecule has 0 aliphatic heterocycles. The zero-order valence-electron chi connectivity index (χ0n) is 30.9. The molecule has 46 heavy (non-hydrogen) atoms. The maximum absolute atomic E-state index is 13.3. The standard InChI is InChI=1S/C38H79N2O6/c1-5-7-9-11-13-15-17-19-21-23-25-27-29-39(38(46)37(45)36(44)35(43)34(42)33-41)30-32-40(3,4)31-28-26-24-22-20-18-16-14-12-10-8-6-2/h34-37,41-45H,5-33H2,1-4H3/q+1/t34-,35-,36+,37-/m1/s1. The second-order valence-corrected chi connectivity index (χ2v) is 14.7. The van der Waals surface area contributed by atoms with Crippen molar-refractivity contribution in [1.82, 2.24) is 4.90 Å². The zero-order chi connectivity index (χ0) is 34.5. The van der Waals surface area contributed by atoms with Crippen LogP contribution in [0.3, 0.4) is 0 Å². The van der Waals surface area contributed by atoms with E-state index < -0.39 is 36.9 Å². The van der Waals surface area contributed by atoms with Crippen molar-refractivity contribution in [3.05, 3.63) is 0 Å². The summed E-state index contributed by atoms with van der Waals surface area (Å²) in [5, 5.41) is 49.9. The van der Waals surface area contributed by atoms with E-state index in [0.29, 0.717) is 13.1 Å². The van der Waals surface area contributed by atoms with Crippen LogP contribution in [0, 0.1) is 0 Å². The summed E-state index contributed by atoms with van der Waals surface area (Å²) in [6.07, 6.45) is 23.3. The molecule has 0 unspecified atom stereocenters. The topological polar surface area (TPSA) is 121 Å². The Morgan fingerprint density at radius 2 is 0.891 bits per heavy atom. The normalized spacial score (nSPS) is 14.7. The third-order valence-electron chi connectivity index (χ3n) is 9.69. The first-order valence-electron chi connectivity index (χ1n) is 19.5. The lowest BCUT2D eigenvalue weighted by Gasteiger charge is -2.34. The van der Waals surface area contributed by atoms with Crippen LogP contribution in [-0.2, 0) is 4.79 Å². The number of aliphatic hydroxyl groups excluding tert-OH is 5. The number of carbonyl (C=O) groups excluding carboxylic acids is 1. The Labute approximate surface area is 284 Å². The molecule has 0 aliphatic carbocycles. The van der Waals surface area contributed by atoms with Crippen LogP contribution in [0.5, 0.6) is 0 Å². The Kier molecular flexibility index (Phi) is 29.8. The summed E-state index contributed by atoms with van der Waals surface area (Å²) in [4.78, 5) is 14.9. The van der Waals surface area contributed by atoms with E-state index in [1.807, 2.05) is 0 Å². The van der Waals surface area contributed by atoms with Gasteiger partial charge >= 0.3 is 0 Å². The highest BCUT2D eigenvalue weighted by Gasteiger charge is 2.36. The predicted molar refractivity (Wildman–Crippen MR) is 192 cm³/mol. The zero-order valence-corrected chi connectivity index (χ0v) is 30.9. The maximum atomic E-state index is 13.3. The van der Waals surface area contributed by atoms with Gasteiger partial charge in [-0.1, -0.05) is 149 Å². The van der Waals surface area contributed by atoms with Crippen LogP contribution in [0.1, 0.15) is 168 Å². The Hall–Kier alpha value is -0.770. The monoisotopic (exact) mass is 660 g/mol. The van der Waals surface area contributed by atoms with E-state index in [0.717, 1.165) is 43.3 Å². The number of hydrogen-bond acceptors (Lipinski definition) is 6. The fourth-order valence-corrected chi connectivity index (χ4v) is 6.22. The average molecular weight is 660 g/mol. The fraction of sp³-hybridized carbons (Fsp3) is 0.974. The summed E-state index contributed by atoms with van der Waals surface area (Å²) >= 11 is 0. The lowest BCUT2D eigenvalue weighted by molar-refractivity contribution is -0.889. The highest BCUT2D eigenvalue weighted by Crippen LogP contribution is 2.16. The number of rotatable bonds is 34. The molecule has 0 rings (SSSR count). The van der Waals surface area contributed by atoms with Gasteiger partial charge in [0, 0.05) is 6.54 Å². The molecular formula is C38H79N2O6+. The van der Waals surface area contributed by atoms with Gasteiger partial charge in [-0.2, -0.15) is 0 Å². The van der Waals surface area contributed by atoms with Gasteiger partial charge in [0.2, 0.25) is 0 Å². The first kappa shape index (κ1) is 45.2. The second-order valence-electron chi connectivity index (χ2n) is 14.7. The molecule has 8 nitrogen and oxygen atoms in total. The Bertz CT molecular complexity index is 680. The molecule has 0 bridgehead atoms. The Balaban J connectivity index is 4.60. The van der Waals surface area contributed by atoms with Crippen molar-refractivity contribution < 1.29 is 34.8 Å². The molecular weight excluding hydrogens is 580 g/mol. The first-order valence-corrected chi connectivity index (χ1v) is 19.5. The van der Waals surface area contributed by atoms with Crippen molar-refractivity contribution in [2.24, 2.45) is 0 Å². The van der Waals surface area contributed by atoms with E-state index in [9.17, 15) is 25.2 Å². The molecule has 0 radical (unpaired) electrons. The minimum Gasteiger partial charge on any atom is -0.394 e. The summed E-state index contributed by atoms with van der Waals surface area (Å²) in [7, 11) is 4.36. The molecule has 0 saturated carbocycles. The molecule has 0 aromatic heterocycles. The molecule has 0 saturated heterocycles. The summed E-state index contributed by atoms with van der Waals surface area (Å²) in [5.41, 5.74) is 0. The summed E-state index contributed by atoms with van der Waals surface area (Å²) < 4.78 is 0.768. The SMILES string of the molecule is CCCCCCCCCCCCCCN(CC[N+](C)(C)CCCCCCCCCCCCCC)C(=O)[C@H](O)[C@@H](O)[C@H](O)[C@H](O)CO. The first-order chi connectivity index (χ1) is 22.1. The lowest BCUT2D eigenvalue weighted by Crippen LogP contribution is -2.54. The van der Waals surface area contributed by atoms with E-state index in [-0.39, 0.29) is 0 Å². The number of likely N-dealkylation sites (N-methyl/N-ethyl adjacent to an activating group) is 1. The van der Waals surface area contributed by atoms with Gasteiger partial charge in [0.05, 0.1) is 40.3 Å². The van der Waals surface area contributed by atoms with Crippen molar-refractivity contribution >= 4 is 5.91 Å². The van der Waals surface area contributed by atoms with Crippen molar-refractivity contribution in [3.8, 4) is 0 Å². The maximum Gasteiger partial charge on any atom is 0.254 e. The van der Waals surface area contributed by atoms with Crippen molar-refractivity contribution in [1.29, 1.82) is 0 Å². The van der Waals surface area contributed by atoms with Crippen LogP contribution in [0.25, 0.3) is 0 Å². The molecule has 0 fully saturated rings. The minimum absolute atomic E-state index is 0.449. The molecule has 276 valence electrons. The van der Waals surface area contributed by atoms with E-state index in [1.165, 1.54) is 128 Å². The van der Waals surface area contributed by atoms with Crippen LogP contribution < -0.4 is 0 Å². The number of aliphatic hydroxyl groups is 5. The molecule has 4 atom stereocenters. The summed E-state index contributed by atoms with van der Waals surface area (Å²) in [6.45, 7) is 6.42. The van der Waals surface area contributed by atoms with Gasteiger partial charge in [-0.05, 0) is 19.3 Å². The number of unbranched alkanes of at least 4 members (excludes halogenated alkanes) is 22. The Morgan fingerprint density at radius 3 is 1.28 bits per heavy atom. The molecule has 0 aromatic carbocycles. The van der Waals surface area contributed by atoms with E-state index in [2.05, 4.69) is 27.9 Å². The van der Waals surface area contributed by atoms with E-state index in [4.69, 9.17) is 5.11 Å². The van der Waals surface area contributed by atoms with Gasteiger partial charge in [0.15, 0.2) is 6.10 Å². The molecule has 0 spiro atoms. The number of nitrogens with zero attached hydrogens (tertiary/aromatic N) is 2. The average Bonchev–Trinajstić information content (AvgIpc) is 3.05. The molecule has 0 heterocycles. The largest absolute Gasteiger partial charge is 0.394 e. The number of carbonyl (C=O) groups is 1. The number of quaternary nitrogens is 1. The summed E-state index contributed by atoms with van der Waals surface area (Å²) in [6, 6.07) is 0. The van der Waals surface area contributed by atoms with Crippen LogP contribution >= 0.6 is 0 Å². The van der Waals surface area contributed by atoms with E-state index in [1.54, 1.807) is 4.90 Å². The van der Waals surface area contributed by atoms with Crippen LogP contribution in [0.15, 0.2) is 0 Å². The molecule has 0 aliphatic rings. The lowest BCUT2D eigenvalue weighted by atomic mass is 10.0.